The van der Waals surface area contributed by atoms with E-state index < -0.39 is 0 Å². The van der Waals surface area contributed by atoms with Crippen LogP contribution in [-0.2, 0) is 0 Å². The van der Waals surface area contributed by atoms with E-state index in [-0.39, 0.29) is 5.57 Å². The van der Waals surface area contributed by atoms with Crippen molar-refractivity contribution in [1.82, 2.24) is 0 Å². The molecule has 3 nitrogen and oxygen atoms in total. The summed E-state index contributed by atoms with van der Waals surface area (Å²) in [4.78, 5) is 0. The molecule has 0 radical (unpaired) electrons. The zero-order chi connectivity index (χ0) is 11.3. The van der Waals surface area contributed by atoms with E-state index in [9.17, 15) is 0 Å². The Labute approximate surface area is 97.1 Å². The number of nitriles is 2. The van der Waals surface area contributed by atoms with E-state index in [1.807, 2.05) is 0 Å². The lowest BCUT2D eigenvalue weighted by Gasteiger charge is -2.01. The highest BCUT2D eigenvalue weighted by atomic mass is 35.5. The fourth-order valence-electron chi connectivity index (χ4n) is 0.831. The third-order valence-corrected chi connectivity index (χ3v) is 2.28. The molecule has 0 aliphatic carbocycles. The van der Waals surface area contributed by atoms with Gasteiger partial charge in [0, 0.05) is 11.9 Å². The first kappa shape index (κ1) is 11.4. The van der Waals surface area contributed by atoms with Crippen LogP contribution in [0.2, 0.25) is 10.0 Å². The van der Waals surface area contributed by atoms with Gasteiger partial charge in [-0.05, 0) is 18.2 Å². The van der Waals surface area contributed by atoms with Crippen LogP contribution in [0.1, 0.15) is 0 Å². The second kappa shape index (κ2) is 5.26. The molecule has 15 heavy (non-hydrogen) atoms. The maximum Gasteiger partial charge on any atom is 0.145 e. The fourth-order valence-corrected chi connectivity index (χ4v) is 1.13. The zero-order valence-corrected chi connectivity index (χ0v) is 8.97. The monoisotopic (exact) mass is 237 g/mol. The van der Waals surface area contributed by atoms with Gasteiger partial charge in [-0.3, -0.25) is 0 Å². The smallest absolute Gasteiger partial charge is 0.145 e. The van der Waals surface area contributed by atoms with E-state index in [0.29, 0.717) is 15.7 Å². The Bertz CT molecular complexity index is 464. The molecule has 0 unspecified atom stereocenters. The average Bonchev–Trinajstić information content (AvgIpc) is 2.24. The van der Waals surface area contributed by atoms with Crippen molar-refractivity contribution in [3.05, 3.63) is 40.0 Å². The van der Waals surface area contributed by atoms with E-state index in [2.05, 4.69) is 5.32 Å². The first-order chi connectivity index (χ1) is 7.17. The standard InChI is InChI=1S/C10H5Cl2N3/c11-9-2-1-8(3-10(9)12)15-6-7(4-13)5-14/h1-3,6,15H. The van der Waals surface area contributed by atoms with E-state index in [1.165, 1.54) is 6.20 Å². The molecule has 0 saturated heterocycles. The highest BCUT2D eigenvalue weighted by Crippen LogP contribution is 2.24. The number of anilines is 1. The molecular weight excluding hydrogens is 233 g/mol. The highest BCUT2D eigenvalue weighted by molar-refractivity contribution is 6.42. The van der Waals surface area contributed by atoms with E-state index in [1.54, 1.807) is 30.3 Å². The molecule has 0 bridgehead atoms. The Morgan fingerprint density at radius 1 is 1.20 bits per heavy atom. The Morgan fingerprint density at radius 2 is 1.87 bits per heavy atom. The molecule has 0 fully saturated rings. The summed E-state index contributed by atoms with van der Waals surface area (Å²) in [5.41, 5.74) is 0.647. The molecule has 1 N–H and O–H groups in total. The van der Waals surface area contributed by atoms with Crippen molar-refractivity contribution in [2.24, 2.45) is 0 Å². The molecule has 0 aliphatic heterocycles. The van der Waals surface area contributed by atoms with Crippen LogP contribution in [-0.4, -0.2) is 0 Å². The predicted molar refractivity (Wildman–Crippen MR) is 59.4 cm³/mol. The maximum absolute atomic E-state index is 8.47. The summed E-state index contributed by atoms with van der Waals surface area (Å²) in [6, 6.07) is 8.37. The lowest BCUT2D eigenvalue weighted by atomic mass is 10.3. The van der Waals surface area contributed by atoms with E-state index in [4.69, 9.17) is 33.7 Å². The van der Waals surface area contributed by atoms with Crippen LogP contribution in [0.4, 0.5) is 5.69 Å². The number of hydrogen-bond acceptors (Lipinski definition) is 3. The molecule has 0 amide bonds. The largest absolute Gasteiger partial charge is 0.360 e. The first-order valence-corrected chi connectivity index (χ1v) is 4.65. The van der Waals surface area contributed by atoms with Gasteiger partial charge in [-0.25, -0.2) is 0 Å². The van der Waals surface area contributed by atoms with Gasteiger partial charge in [-0.15, -0.1) is 0 Å². The summed E-state index contributed by atoms with van der Waals surface area (Å²) in [6.45, 7) is 0. The van der Waals surface area contributed by atoms with Gasteiger partial charge in [0.15, 0.2) is 0 Å². The Balaban J connectivity index is 2.84. The van der Waals surface area contributed by atoms with Crippen molar-refractivity contribution in [2.75, 3.05) is 5.32 Å². The molecule has 0 saturated carbocycles. The number of benzene rings is 1. The second-order valence-electron chi connectivity index (χ2n) is 2.55. The second-order valence-corrected chi connectivity index (χ2v) is 3.37. The summed E-state index contributed by atoms with van der Waals surface area (Å²) in [6.07, 6.45) is 1.31. The zero-order valence-electron chi connectivity index (χ0n) is 7.46. The maximum atomic E-state index is 8.47. The van der Waals surface area contributed by atoms with Crippen LogP contribution in [0.5, 0.6) is 0 Å². The molecule has 0 aliphatic rings. The Morgan fingerprint density at radius 3 is 2.40 bits per heavy atom. The Kier molecular flexibility index (Phi) is 4.00. The topological polar surface area (TPSA) is 59.6 Å². The molecule has 1 aromatic carbocycles. The minimum Gasteiger partial charge on any atom is -0.360 e. The number of nitrogens with one attached hydrogen (secondary N) is 1. The minimum absolute atomic E-state index is 0.0129. The molecule has 5 heteroatoms. The number of rotatable bonds is 2. The SMILES string of the molecule is N#CC(C#N)=CNc1ccc(Cl)c(Cl)c1. The molecule has 1 aromatic rings. The number of halogens is 2. The lowest BCUT2D eigenvalue weighted by molar-refractivity contribution is 1.44. The third kappa shape index (κ3) is 3.18. The van der Waals surface area contributed by atoms with Crippen molar-refractivity contribution in [3.63, 3.8) is 0 Å². The van der Waals surface area contributed by atoms with Gasteiger partial charge in [0.2, 0.25) is 0 Å². The van der Waals surface area contributed by atoms with Gasteiger partial charge in [0.25, 0.3) is 0 Å². The van der Waals surface area contributed by atoms with Gasteiger partial charge < -0.3 is 5.32 Å². The van der Waals surface area contributed by atoms with Crippen LogP contribution < -0.4 is 5.32 Å². The minimum atomic E-state index is -0.0129. The van der Waals surface area contributed by atoms with Crippen molar-refractivity contribution < 1.29 is 0 Å². The number of hydrogen-bond donors (Lipinski definition) is 1. The quantitative estimate of drug-likeness (QED) is 0.803. The molecule has 1 rings (SSSR count). The predicted octanol–water partition coefficient (Wildman–Crippen LogP) is 3.34. The van der Waals surface area contributed by atoms with Crippen LogP contribution in [0.25, 0.3) is 0 Å². The number of nitrogens with zero attached hydrogens (tertiary/aromatic N) is 2. The van der Waals surface area contributed by atoms with Crippen LogP contribution >= 0.6 is 23.2 Å². The van der Waals surface area contributed by atoms with Crippen molar-refractivity contribution in [1.29, 1.82) is 10.5 Å². The summed E-state index contributed by atoms with van der Waals surface area (Å²) < 4.78 is 0. The summed E-state index contributed by atoms with van der Waals surface area (Å²) >= 11 is 11.5. The van der Waals surface area contributed by atoms with Gasteiger partial charge in [-0.2, -0.15) is 10.5 Å². The third-order valence-electron chi connectivity index (χ3n) is 1.54. The first-order valence-electron chi connectivity index (χ1n) is 3.89. The van der Waals surface area contributed by atoms with E-state index >= 15 is 0 Å². The number of allylic oxidation sites excluding steroid dienone is 1. The van der Waals surface area contributed by atoms with Gasteiger partial charge >= 0.3 is 0 Å². The van der Waals surface area contributed by atoms with E-state index in [0.717, 1.165) is 0 Å². The fraction of sp³-hybridized carbons (Fsp3) is 0. The highest BCUT2D eigenvalue weighted by Gasteiger charge is 1.98. The van der Waals surface area contributed by atoms with Crippen LogP contribution in [0, 0.1) is 22.7 Å². The van der Waals surface area contributed by atoms with Crippen LogP contribution in [0.15, 0.2) is 30.0 Å². The normalized spacial score (nSPS) is 8.53. The van der Waals surface area contributed by atoms with Crippen molar-refractivity contribution in [2.45, 2.75) is 0 Å². The summed E-state index contributed by atoms with van der Waals surface area (Å²) in [5, 5.41) is 20.6. The summed E-state index contributed by atoms with van der Waals surface area (Å²) in [5.74, 6) is 0. The van der Waals surface area contributed by atoms with Crippen molar-refractivity contribution in [3.8, 4) is 12.1 Å². The summed E-state index contributed by atoms with van der Waals surface area (Å²) in [7, 11) is 0. The molecular formula is C10H5Cl2N3. The van der Waals surface area contributed by atoms with Crippen molar-refractivity contribution >= 4 is 28.9 Å². The van der Waals surface area contributed by atoms with Gasteiger partial charge in [0.05, 0.1) is 10.0 Å². The molecule has 0 heterocycles. The van der Waals surface area contributed by atoms with Gasteiger partial charge in [0.1, 0.15) is 17.7 Å². The van der Waals surface area contributed by atoms with Crippen LogP contribution in [0.3, 0.4) is 0 Å². The molecule has 0 spiro atoms. The Hall–Kier alpha value is -1.68. The average molecular weight is 238 g/mol. The molecule has 74 valence electrons. The van der Waals surface area contributed by atoms with Gasteiger partial charge in [-0.1, -0.05) is 23.2 Å². The lowest BCUT2D eigenvalue weighted by Crippen LogP contribution is -1.89. The molecule has 0 aromatic heterocycles. The molecule has 0 atom stereocenters.